The third kappa shape index (κ3) is 27.1. The Kier molecular flexibility index (Phi) is 39.0. The highest BCUT2D eigenvalue weighted by Crippen LogP contribution is 2.42. The van der Waals surface area contributed by atoms with Crippen LogP contribution in [0.3, 0.4) is 0 Å². The van der Waals surface area contributed by atoms with E-state index < -0.39 is 12.8 Å². The molecule has 6 aliphatic heterocycles. The largest absolute Gasteiger partial charge is 0.491 e. The minimum absolute atomic E-state index is 0.228. The highest BCUT2D eigenvalue weighted by atomic mass is 32.2. The van der Waals surface area contributed by atoms with E-state index in [4.69, 9.17) is 56.8 Å². The van der Waals surface area contributed by atoms with Crippen molar-refractivity contribution < 1.29 is 70.0 Å². The van der Waals surface area contributed by atoms with Gasteiger partial charge in [0.2, 0.25) is 0 Å². The van der Waals surface area contributed by atoms with Crippen LogP contribution < -0.4 is 28.4 Å². The van der Waals surface area contributed by atoms with Gasteiger partial charge in [-0.3, -0.25) is 0 Å². The van der Waals surface area contributed by atoms with Gasteiger partial charge in [0.05, 0.1) is 19.8 Å². The van der Waals surface area contributed by atoms with Crippen LogP contribution in [0.1, 0.15) is 110 Å². The number of benzene rings is 12. The summed E-state index contributed by atoms with van der Waals surface area (Å²) in [6.07, 6.45) is 16.1. The maximum atomic E-state index is 12.3. The molecule has 0 radical (unpaired) electrons. The van der Waals surface area contributed by atoms with Gasteiger partial charge in [-0.15, -0.1) is 0 Å². The van der Waals surface area contributed by atoms with Gasteiger partial charge in [-0.2, -0.15) is 13.2 Å². The Morgan fingerprint density at radius 1 is 0.224 bits per heavy atom. The Morgan fingerprint density at radius 2 is 0.440 bits per heavy atom. The van der Waals surface area contributed by atoms with Crippen LogP contribution in [0.5, 0.6) is 34.5 Å². The molecule has 0 aliphatic carbocycles. The standard InChI is InChI=1S/C20H27O3S.C18H23O2S.2C17H21O2S.C16H16F3OS.C16H19O2S/c1-21-11-12-22-13-14-23-19-9-10-20(24-15-5-2-6-16-24)18-8-4-3-7-17(18)19;1-2-19-14-20-17-10-11-18(21-12-6-3-7-13-21)16-9-5-4-8-15(16)17;1-18-13-19-16-9-10-17(20-11-5-2-6-12-20)15-8-4-3-7-14(15)16;1-2-18-13-19-16-9-10-17(20-11-5-6-12-20)15-8-4-3-7-14(15)16;17-16(18,19)11-20-14-7-8-15(21-9-3-4-10-21)13-6-2-1-5-12(13)14;1-17-12-18-15-8-9-16(19-10-4-5-11-19)14-7-3-2-6-13(14)15/h3-4,7-10H,2,5-6,11-16H2,1H3;4-5,8-11H,2-3,6-7,12-14H2,1H3;2*3-4,7-10H,2,5-6,11-13H2,1H3;1-2,5-8H,3-4,9-11H2;2-3,6-9H,4-5,10-12H2,1H3/q6*+1. The minimum Gasteiger partial charge on any atom is -0.491 e. The Hall–Kier alpha value is -7.35. The summed E-state index contributed by atoms with van der Waals surface area (Å²) in [5.41, 5.74) is 0. The van der Waals surface area contributed by atoms with Gasteiger partial charge in [-0.05, 0) is 219 Å². The summed E-state index contributed by atoms with van der Waals surface area (Å²) in [7, 11) is 7.31. The first-order valence-corrected chi connectivity index (χ1v) is 54.1. The summed E-state index contributed by atoms with van der Waals surface area (Å²) in [6, 6.07) is 76.1. The molecule has 0 N–H and O–H groups in total. The Balaban J connectivity index is 0.000000129. The Labute approximate surface area is 756 Å². The smallest absolute Gasteiger partial charge is 0.422 e. The molecule has 12 aromatic carbocycles. The van der Waals surface area contributed by atoms with Crippen molar-refractivity contribution in [3.05, 3.63) is 218 Å². The summed E-state index contributed by atoms with van der Waals surface area (Å²) >= 11 is 0. The van der Waals surface area contributed by atoms with Crippen molar-refractivity contribution in [2.75, 3.05) is 164 Å². The van der Waals surface area contributed by atoms with Crippen molar-refractivity contribution in [1.29, 1.82) is 0 Å². The lowest BCUT2D eigenvalue weighted by Crippen LogP contribution is -2.19. The van der Waals surface area contributed by atoms with Gasteiger partial charge in [-0.1, -0.05) is 109 Å². The van der Waals surface area contributed by atoms with E-state index in [0.717, 1.165) is 39.5 Å². The molecule has 0 unspecified atom stereocenters. The third-order valence-corrected chi connectivity index (χ3v) is 38.1. The van der Waals surface area contributed by atoms with Crippen LogP contribution in [-0.4, -0.2) is 170 Å². The van der Waals surface area contributed by atoms with E-state index in [1.54, 1.807) is 27.4 Å². The predicted octanol–water partition coefficient (Wildman–Crippen LogP) is 24.5. The normalized spacial score (nSPS) is 16.1. The van der Waals surface area contributed by atoms with Crippen molar-refractivity contribution in [3.63, 3.8) is 0 Å². The van der Waals surface area contributed by atoms with Crippen molar-refractivity contribution >= 4 is 130 Å². The Bertz CT molecular complexity index is 5260. The van der Waals surface area contributed by atoms with E-state index in [1.165, 1.54) is 249 Å². The molecule has 0 atom stereocenters. The zero-order valence-electron chi connectivity index (χ0n) is 73.6. The van der Waals surface area contributed by atoms with Crippen molar-refractivity contribution in [3.8, 4) is 34.5 Å². The van der Waals surface area contributed by atoms with Crippen LogP contribution >= 0.6 is 0 Å². The fraction of sp³-hybridized carbons (Fsp3) is 0.423. The Morgan fingerprint density at radius 3 is 0.672 bits per heavy atom. The highest BCUT2D eigenvalue weighted by Gasteiger charge is 2.36. The van der Waals surface area contributed by atoms with Gasteiger partial charge in [0.15, 0.2) is 63.2 Å². The van der Waals surface area contributed by atoms with E-state index in [-0.39, 0.29) is 10.9 Å². The SMILES string of the molecule is CCOCOc1ccc([S+]2CCCC2)c2ccccc12.CCOCOc1ccc([S+]2CCCCC2)c2ccccc12.COCCOCCOc1ccc([S+]2CCCCC2)c2ccccc12.COCOc1ccc([S+]2CCCC2)c2ccccc12.COCOc1ccc([S+]2CCCCC2)c2ccccc12.FC(F)(F)COc1ccc([S+]2CCCC2)c2ccccc12. The van der Waals surface area contributed by atoms with Crippen LogP contribution in [0.4, 0.5) is 13.2 Å². The molecule has 18 rings (SSSR count). The molecule has 21 heteroatoms. The van der Waals surface area contributed by atoms with Gasteiger partial charge < -0.3 is 56.8 Å². The van der Waals surface area contributed by atoms with E-state index >= 15 is 0 Å². The zero-order valence-corrected chi connectivity index (χ0v) is 78.5. The molecule has 125 heavy (non-hydrogen) atoms. The first-order chi connectivity index (χ1) is 61.5. The molecule has 0 spiro atoms. The topological polar surface area (TPSA) is 111 Å². The summed E-state index contributed by atoms with van der Waals surface area (Å²) in [4.78, 5) is 8.86. The lowest BCUT2D eigenvalue weighted by molar-refractivity contribution is -0.153. The van der Waals surface area contributed by atoms with Crippen molar-refractivity contribution in [2.24, 2.45) is 0 Å². The maximum Gasteiger partial charge on any atom is 0.422 e. The number of hydrogen-bond acceptors (Lipinski definition) is 12. The molecule has 12 aromatic rings. The molecule has 0 saturated carbocycles. The van der Waals surface area contributed by atoms with Crippen molar-refractivity contribution in [2.45, 2.75) is 146 Å². The molecule has 6 heterocycles. The summed E-state index contributed by atoms with van der Waals surface area (Å²) in [5, 5.41) is 14.6. The first kappa shape index (κ1) is 95.2. The second-order valence-electron chi connectivity index (χ2n) is 31.3. The molecule has 666 valence electrons. The highest BCUT2D eigenvalue weighted by molar-refractivity contribution is 7.98. The average Bonchev–Trinajstić information content (AvgIpc) is 1.35. The minimum atomic E-state index is -4.31. The molecular formula is C104H127F3O12S6+6. The number of ether oxygens (including phenoxy) is 12. The fourth-order valence-corrected chi connectivity index (χ4v) is 31.7. The second-order valence-corrected chi connectivity index (χ2v) is 44.8. The molecule has 0 amide bonds. The zero-order chi connectivity index (χ0) is 86.6. The fourth-order valence-electron chi connectivity index (χ4n) is 16.7. The molecule has 6 fully saturated rings. The number of rotatable bonds is 29. The number of halogens is 3. The molecule has 6 saturated heterocycles. The van der Waals surface area contributed by atoms with Crippen molar-refractivity contribution in [1.82, 2.24) is 0 Å². The molecular weight excluding hydrogens is 1690 g/mol. The lowest BCUT2D eigenvalue weighted by atomic mass is 10.1. The average molecular weight is 1820 g/mol. The van der Waals surface area contributed by atoms with Gasteiger partial charge >= 0.3 is 6.18 Å². The molecule has 12 nitrogen and oxygen atoms in total. The van der Waals surface area contributed by atoms with Gasteiger partial charge in [0, 0.05) is 165 Å². The lowest BCUT2D eigenvalue weighted by Gasteiger charge is -2.16. The quantitative estimate of drug-likeness (QED) is 0.0253. The number of fused-ring (bicyclic) bond motifs is 6. The molecule has 6 aliphatic rings. The maximum absolute atomic E-state index is 12.3. The van der Waals surface area contributed by atoms with Gasteiger partial charge in [0.1, 0.15) is 110 Å². The monoisotopic (exact) mass is 1820 g/mol. The predicted molar refractivity (Wildman–Crippen MR) is 524 cm³/mol. The first-order valence-electron chi connectivity index (χ1n) is 44.7. The van der Waals surface area contributed by atoms with Crippen LogP contribution in [0.25, 0.3) is 64.6 Å². The van der Waals surface area contributed by atoms with E-state index in [9.17, 15) is 13.2 Å². The number of alkyl halides is 3. The second kappa shape index (κ2) is 51.1. The van der Waals surface area contributed by atoms with E-state index in [2.05, 4.69) is 182 Å². The summed E-state index contributed by atoms with van der Waals surface area (Å²) in [5.74, 6) is 20.8. The van der Waals surface area contributed by atoms with Gasteiger partial charge in [-0.25, -0.2) is 0 Å². The van der Waals surface area contributed by atoms with Crippen LogP contribution in [0.2, 0.25) is 0 Å². The number of hydrogen-bond donors (Lipinski definition) is 0. The van der Waals surface area contributed by atoms with E-state index in [0.29, 0.717) is 127 Å². The third-order valence-electron chi connectivity index (χ3n) is 22.8. The molecule has 0 aromatic heterocycles. The summed E-state index contributed by atoms with van der Waals surface area (Å²) in [6.45, 7) is 7.72. The van der Waals surface area contributed by atoms with Crippen LogP contribution in [-0.2, 0) is 93.8 Å². The van der Waals surface area contributed by atoms with Gasteiger partial charge in [0.25, 0.3) is 0 Å². The molecule has 0 bridgehead atoms. The number of methoxy groups -OCH3 is 3. The summed E-state index contributed by atoms with van der Waals surface area (Å²) < 4.78 is 102. The van der Waals surface area contributed by atoms with Crippen LogP contribution in [0, 0.1) is 0 Å². The van der Waals surface area contributed by atoms with E-state index in [1.807, 2.05) is 44.2 Å². The van der Waals surface area contributed by atoms with Crippen LogP contribution in [0.15, 0.2) is 248 Å².